The highest BCUT2D eigenvalue weighted by Crippen LogP contribution is 2.13. The van der Waals surface area contributed by atoms with E-state index in [1.165, 1.54) is 6.08 Å². The molecule has 106 valence electrons. The largest absolute Gasteiger partial charge is 0.366 e. The first-order chi connectivity index (χ1) is 10.0. The third-order valence-electron chi connectivity index (χ3n) is 2.71. The lowest BCUT2D eigenvalue weighted by Crippen LogP contribution is -2.11. The SMILES string of the molecule is NC(=O)c1ccc(NC(=O)/C=C/c2cccc(Br)c2)cc1. The highest BCUT2D eigenvalue weighted by molar-refractivity contribution is 9.10. The van der Waals surface area contributed by atoms with Gasteiger partial charge < -0.3 is 11.1 Å². The molecule has 0 aliphatic rings. The molecule has 0 unspecified atom stereocenters. The zero-order valence-electron chi connectivity index (χ0n) is 11.0. The normalized spacial score (nSPS) is 10.5. The lowest BCUT2D eigenvalue weighted by Gasteiger charge is -2.02. The maximum Gasteiger partial charge on any atom is 0.248 e. The summed E-state index contributed by atoms with van der Waals surface area (Å²) in [7, 11) is 0. The van der Waals surface area contributed by atoms with E-state index < -0.39 is 5.91 Å². The molecule has 0 aliphatic heterocycles. The van der Waals surface area contributed by atoms with Crippen LogP contribution in [0.1, 0.15) is 15.9 Å². The number of rotatable bonds is 4. The first-order valence-corrected chi connectivity index (χ1v) is 6.98. The fraction of sp³-hybridized carbons (Fsp3) is 0. The van der Waals surface area contributed by atoms with Crippen molar-refractivity contribution in [3.63, 3.8) is 0 Å². The van der Waals surface area contributed by atoms with Gasteiger partial charge in [0.1, 0.15) is 0 Å². The molecule has 0 heterocycles. The molecule has 3 N–H and O–H groups in total. The van der Waals surface area contributed by atoms with Crippen molar-refractivity contribution in [3.8, 4) is 0 Å². The van der Waals surface area contributed by atoms with E-state index in [-0.39, 0.29) is 5.91 Å². The fourth-order valence-electron chi connectivity index (χ4n) is 1.68. The van der Waals surface area contributed by atoms with Gasteiger partial charge in [-0.3, -0.25) is 9.59 Å². The Morgan fingerprint density at radius 1 is 1.10 bits per heavy atom. The Morgan fingerprint density at radius 2 is 1.81 bits per heavy atom. The number of halogens is 1. The summed E-state index contributed by atoms with van der Waals surface area (Å²) in [6.45, 7) is 0. The van der Waals surface area contributed by atoms with Gasteiger partial charge in [0, 0.05) is 21.8 Å². The molecule has 2 aromatic carbocycles. The van der Waals surface area contributed by atoms with Gasteiger partial charge in [-0.2, -0.15) is 0 Å². The maximum absolute atomic E-state index is 11.8. The number of benzene rings is 2. The summed E-state index contributed by atoms with van der Waals surface area (Å²) in [6, 6.07) is 14.0. The van der Waals surface area contributed by atoms with Crippen molar-refractivity contribution in [2.24, 2.45) is 5.73 Å². The van der Waals surface area contributed by atoms with E-state index in [9.17, 15) is 9.59 Å². The summed E-state index contributed by atoms with van der Waals surface area (Å²) >= 11 is 3.37. The Labute approximate surface area is 130 Å². The molecule has 0 radical (unpaired) electrons. The van der Waals surface area contributed by atoms with Crippen LogP contribution in [0.2, 0.25) is 0 Å². The van der Waals surface area contributed by atoms with Crippen LogP contribution in [0, 0.1) is 0 Å². The van der Waals surface area contributed by atoms with Crippen molar-refractivity contribution in [3.05, 3.63) is 70.2 Å². The predicted molar refractivity (Wildman–Crippen MR) is 86.8 cm³/mol. The van der Waals surface area contributed by atoms with E-state index >= 15 is 0 Å². The van der Waals surface area contributed by atoms with Crippen LogP contribution in [-0.2, 0) is 4.79 Å². The number of hydrogen-bond donors (Lipinski definition) is 2. The molecular formula is C16H13BrN2O2. The molecule has 0 aliphatic carbocycles. The Bertz CT molecular complexity index is 694. The Balaban J connectivity index is 1.99. The van der Waals surface area contributed by atoms with Crippen LogP contribution in [0.25, 0.3) is 6.08 Å². The number of nitrogens with one attached hydrogen (secondary N) is 1. The minimum Gasteiger partial charge on any atom is -0.366 e. The molecule has 0 aromatic heterocycles. The van der Waals surface area contributed by atoms with Crippen molar-refractivity contribution < 1.29 is 9.59 Å². The van der Waals surface area contributed by atoms with E-state index in [4.69, 9.17) is 5.73 Å². The summed E-state index contributed by atoms with van der Waals surface area (Å²) in [5, 5.41) is 2.70. The minimum atomic E-state index is -0.498. The van der Waals surface area contributed by atoms with Crippen LogP contribution >= 0.6 is 15.9 Å². The molecule has 5 heteroatoms. The second kappa shape index (κ2) is 6.85. The number of carbonyl (C=O) groups excluding carboxylic acids is 2. The molecule has 0 atom stereocenters. The molecule has 21 heavy (non-hydrogen) atoms. The van der Waals surface area contributed by atoms with E-state index in [1.807, 2.05) is 24.3 Å². The molecule has 0 fully saturated rings. The van der Waals surface area contributed by atoms with Crippen molar-refractivity contribution in [2.45, 2.75) is 0 Å². The number of nitrogens with two attached hydrogens (primary N) is 1. The second-order valence-corrected chi connectivity index (χ2v) is 5.23. The van der Waals surface area contributed by atoms with E-state index in [2.05, 4.69) is 21.2 Å². The Morgan fingerprint density at radius 3 is 2.43 bits per heavy atom. The van der Waals surface area contributed by atoms with Gasteiger partial charge in [0.25, 0.3) is 0 Å². The number of anilines is 1. The summed E-state index contributed by atoms with van der Waals surface area (Å²) in [5.41, 5.74) is 7.07. The van der Waals surface area contributed by atoms with Gasteiger partial charge >= 0.3 is 0 Å². The van der Waals surface area contributed by atoms with Crippen molar-refractivity contribution in [1.82, 2.24) is 0 Å². The van der Waals surface area contributed by atoms with Crippen molar-refractivity contribution in [1.29, 1.82) is 0 Å². The standard InChI is InChI=1S/C16H13BrN2O2/c17-13-3-1-2-11(10-13)4-9-15(20)19-14-7-5-12(6-8-14)16(18)21/h1-10H,(H2,18,21)(H,19,20)/b9-4+. The number of carbonyl (C=O) groups is 2. The number of primary amides is 1. The molecule has 4 nitrogen and oxygen atoms in total. The molecule has 2 rings (SSSR count). The first-order valence-electron chi connectivity index (χ1n) is 6.19. The monoisotopic (exact) mass is 344 g/mol. The maximum atomic E-state index is 11.8. The van der Waals surface area contributed by atoms with Crippen LogP contribution in [0.4, 0.5) is 5.69 Å². The number of amides is 2. The average Bonchev–Trinajstić information content (AvgIpc) is 2.46. The van der Waals surface area contributed by atoms with Crippen LogP contribution in [-0.4, -0.2) is 11.8 Å². The van der Waals surface area contributed by atoms with Gasteiger partial charge in [0.05, 0.1) is 0 Å². The molecule has 2 aromatic rings. The lowest BCUT2D eigenvalue weighted by molar-refractivity contribution is -0.111. The molecular weight excluding hydrogens is 332 g/mol. The second-order valence-electron chi connectivity index (χ2n) is 4.32. The fourth-order valence-corrected chi connectivity index (χ4v) is 2.10. The summed E-state index contributed by atoms with van der Waals surface area (Å²) in [5.74, 6) is -0.746. The quantitative estimate of drug-likeness (QED) is 0.836. The zero-order valence-corrected chi connectivity index (χ0v) is 12.6. The summed E-state index contributed by atoms with van der Waals surface area (Å²) < 4.78 is 0.951. The minimum absolute atomic E-state index is 0.248. The van der Waals surface area contributed by atoms with Gasteiger partial charge in [0.15, 0.2) is 0 Å². The lowest BCUT2D eigenvalue weighted by atomic mass is 10.2. The van der Waals surface area contributed by atoms with E-state index in [1.54, 1.807) is 30.3 Å². The van der Waals surface area contributed by atoms with Gasteiger partial charge in [0.2, 0.25) is 11.8 Å². The molecule has 0 bridgehead atoms. The molecule has 0 saturated carbocycles. The van der Waals surface area contributed by atoms with Gasteiger partial charge in [-0.05, 0) is 48.0 Å². The Hall–Kier alpha value is -2.40. The van der Waals surface area contributed by atoms with Gasteiger partial charge in [-0.1, -0.05) is 28.1 Å². The van der Waals surface area contributed by atoms with E-state index in [0.29, 0.717) is 11.3 Å². The summed E-state index contributed by atoms with van der Waals surface area (Å²) in [6.07, 6.45) is 3.17. The zero-order chi connectivity index (χ0) is 15.2. The highest BCUT2D eigenvalue weighted by Gasteiger charge is 2.01. The van der Waals surface area contributed by atoms with Gasteiger partial charge in [-0.15, -0.1) is 0 Å². The molecule has 0 saturated heterocycles. The first kappa shape index (κ1) is 15.0. The third kappa shape index (κ3) is 4.57. The van der Waals surface area contributed by atoms with Crippen LogP contribution in [0.3, 0.4) is 0 Å². The Kier molecular flexibility index (Phi) is 4.90. The van der Waals surface area contributed by atoms with Crippen LogP contribution in [0.5, 0.6) is 0 Å². The van der Waals surface area contributed by atoms with Gasteiger partial charge in [-0.25, -0.2) is 0 Å². The smallest absolute Gasteiger partial charge is 0.248 e. The van der Waals surface area contributed by atoms with E-state index in [0.717, 1.165) is 10.0 Å². The topological polar surface area (TPSA) is 72.2 Å². The number of hydrogen-bond acceptors (Lipinski definition) is 2. The summed E-state index contributed by atoms with van der Waals surface area (Å²) in [4.78, 5) is 22.7. The third-order valence-corrected chi connectivity index (χ3v) is 3.21. The highest BCUT2D eigenvalue weighted by atomic mass is 79.9. The molecule has 2 amide bonds. The predicted octanol–water partition coefficient (Wildman–Crippen LogP) is 3.20. The van der Waals surface area contributed by atoms with Crippen molar-refractivity contribution >= 4 is 39.5 Å². The van der Waals surface area contributed by atoms with Crippen LogP contribution < -0.4 is 11.1 Å². The average molecular weight is 345 g/mol. The van der Waals surface area contributed by atoms with Crippen molar-refractivity contribution in [2.75, 3.05) is 5.32 Å². The molecule has 0 spiro atoms. The van der Waals surface area contributed by atoms with Crippen LogP contribution in [0.15, 0.2) is 59.1 Å².